The third-order valence-electron chi connectivity index (χ3n) is 2.81. The highest BCUT2D eigenvalue weighted by atomic mass is 16.6. The predicted octanol–water partition coefficient (Wildman–Crippen LogP) is 3.14. The quantitative estimate of drug-likeness (QED) is 0.551. The number of non-ortho nitro benzene ring substituents is 1. The fourth-order valence-electron chi connectivity index (χ4n) is 1.92. The minimum Gasteiger partial charge on any atom is -0.355 e. The van der Waals surface area contributed by atoms with Crippen LogP contribution in [0.4, 0.5) is 5.69 Å². The van der Waals surface area contributed by atoms with Crippen LogP contribution < -0.4 is 0 Å². The zero-order chi connectivity index (χ0) is 12.5. The maximum Gasteiger partial charge on any atom is 0.270 e. The molecule has 1 N–H and O–H groups in total. The Hall–Kier alpha value is -2.69. The van der Waals surface area contributed by atoms with Gasteiger partial charge in [-0.2, -0.15) is 0 Å². The molecule has 18 heavy (non-hydrogen) atoms. The maximum absolute atomic E-state index is 10.7. The van der Waals surface area contributed by atoms with Crippen molar-refractivity contribution in [2.75, 3.05) is 0 Å². The van der Waals surface area contributed by atoms with E-state index < -0.39 is 4.92 Å². The summed E-state index contributed by atoms with van der Waals surface area (Å²) in [6, 6.07) is 10.5. The van der Waals surface area contributed by atoms with E-state index in [-0.39, 0.29) is 5.69 Å². The first-order chi connectivity index (χ1) is 8.74. The standard InChI is InChI=1S/C13H9N3O2/c17-16(18)11-1-2-12-10(7-11)8-13(15-12)9-3-5-14-6-4-9/h1-8,15H. The molecule has 1 aromatic carbocycles. The lowest BCUT2D eigenvalue weighted by atomic mass is 10.2. The highest BCUT2D eigenvalue weighted by molar-refractivity contribution is 5.87. The van der Waals surface area contributed by atoms with E-state index in [4.69, 9.17) is 0 Å². The van der Waals surface area contributed by atoms with E-state index in [0.29, 0.717) is 0 Å². The Balaban J connectivity index is 2.14. The second-order valence-electron chi connectivity index (χ2n) is 3.95. The first-order valence-corrected chi connectivity index (χ1v) is 5.41. The molecule has 2 aromatic heterocycles. The SMILES string of the molecule is O=[N+]([O-])c1ccc2[nH]c(-c3ccncc3)cc2c1. The molecule has 3 aromatic rings. The zero-order valence-corrected chi connectivity index (χ0v) is 9.33. The molecule has 0 aliphatic carbocycles. The molecule has 0 spiro atoms. The summed E-state index contributed by atoms with van der Waals surface area (Å²) in [7, 11) is 0. The number of hydrogen-bond donors (Lipinski definition) is 1. The lowest BCUT2D eigenvalue weighted by molar-refractivity contribution is -0.384. The van der Waals surface area contributed by atoms with Crippen molar-refractivity contribution in [3.05, 3.63) is 58.9 Å². The minimum absolute atomic E-state index is 0.0998. The van der Waals surface area contributed by atoms with Gasteiger partial charge in [0.05, 0.1) is 4.92 Å². The first-order valence-electron chi connectivity index (χ1n) is 5.41. The summed E-state index contributed by atoms with van der Waals surface area (Å²) in [5, 5.41) is 11.5. The van der Waals surface area contributed by atoms with Crippen LogP contribution in [0.15, 0.2) is 48.8 Å². The summed E-state index contributed by atoms with van der Waals surface area (Å²) >= 11 is 0. The number of nitrogens with zero attached hydrogens (tertiary/aromatic N) is 2. The van der Waals surface area contributed by atoms with E-state index in [1.165, 1.54) is 6.07 Å². The Bertz CT molecular complexity index is 719. The van der Waals surface area contributed by atoms with Gasteiger partial charge in [0.15, 0.2) is 0 Å². The van der Waals surface area contributed by atoms with Crippen molar-refractivity contribution in [2.24, 2.45) is 0 Å². The highest BCUT2D eigenvalue weighted by Crippen LogP contribution is 2.26. The van der Waals surface area contributed by atoms with Crippen LogP contribution >= 0.6 is 0 Å². The highest BCUT2D eigenvalue weighted by Gasteiger charge is 2.08. The second kappa shape index (κ2) is 3.96. The van der Waals surface area contributed by atoms with Gasteiger partial charge in [0.25, 0.3) is 5.69 Å². The fraction of sp³-hybridized carbons (Fsp3) is 0. The monoisotopic (exact) mass is 239 g/mol. The van der Waals surface area contributed by atoms with E-state index >= 15 is 0 Å². The van der Waals surface area contributed by atoms with Crippen LogP contribution in [-0.2, 0) is 0 Å². The molecule has 0 atom stereocenters. The van der Waals surface area contributed by atoms with Gasteiger partial charge in [-0.15, -0.1) is 0 Å². The number of fused-ring (bicyclic) bond motifs is 1. The van der Waals surface area contributed by atoms with Crippen molar-refractivity contribution >= 4 is 16.6 Å². The van der Waals surface area contributed by atoms with Gasteiger partial charge < -0.3 is 4.98 Å². The molecular weight excluding hydrogens is 230 g/mol. The number of aromatic amines is 1. The van der Waals surface area contributed by atoms with Crippen LogP contribution in [0.1, 0.15) is 0 Å². The first kappa shape index (κ1) is 10.5. The lowest BCUT2D eigenvalue weighted by Crippen LogP contribution is -1.86. The maximum atomic E-state index is 10.7. The van der Waals surface area contributed by atoms with E-state index in [2.05, 4.69) is 9.97 Å². The Morgan fingerprint density at radius 2 is 1.89 bits per heavy atom. The summed E-state index contributed by atoms with van der Waals surface area (Å²) < 4.78 is 0. The second-order valence-corrected chi connectivity index (χ2v) is 3.95. The van der Waals surface area contributed by atoms with Gasteiger partial charge in [-0.3, -0.25) is 15.1 Å². The summed E-state index contributed by atoms with van der Waals surface area (Å²) in [5.41, 5.74) is 2.91. The largest absolute Gasteiger partial charge is 0.355 e. The predicted molar refractivity (Wildman–Crippen MR) is 68.2 cm³/mol. The molecule has 0 saturated carbocycles. The van der Waals surface area contributed by atoms with E-state index in [1.807, 2.05) is 18.2 Å². The number of nitrogens with one attached hydrogen (secondary N) is 1. The van der Waals surface area contributed by atoms with Gasteiger partial charge in [0.1, 0.15) is 0 Å². The summed E-state index contributed by atoms with van der Waals surface area (Å²) in [4.78, 5) is 17.5. The smallest absolute Gasteiger partial charge is 0.270 e. The van der Waals surface area contributed by atoms with Crippen LogP contribution in [0.5, 0.6) is 0 Å². The third-order valence-corrected chi connectivity index (χ3v) is 2.81. The van der Waals surface area contributed by atoms with Gasteiger partial charge in [-0.1, -0.05) is 0 Å². The summed E-state index contributed by atoms with van der Waals surface area (Å²) in [6.07, 6.45) is 3.42. The molecule has 5 nitrogen and oxygen atoms in total. The van der Waals surface area contributed by atoms with Gasteiger partial charge in [0, 0.05) is 46.7 Å². The molecule has 0 fully saturated rings. The molecule has 0 bridgehead atoms. The Morgan fingerprint density at radius 1 is 1.11 bits per heavy atom. The molecule has 0 aliphatic heterocycles. The molecule has 2 heterocycles. The minimum atomic E-state index is -0.390. The van der Waals surface area contributed by atoms with Crippen LogP contribution in [0, 0.1) is 10.1 Å². The van der Waals surface area contributed by atoms with E-state index in [0.717, 1.165) is 22.2 Å². The van der Waals surface area contributed by atoms with Gasteiger partial charge in [-0.05, 0) is 24.3 Å². The number of hydrogen-bond acceptors (Lipinski definition) is 3. The van der Waals surface area contributed by atoms with Crippen LogP contribution in [0.25, 0.3) is 22.2 Å². The Labute approximate surface area is 102 Å². The lowest BCUT2D eigenvalue weighted by Gasteiger charge is -1.94. The fourth-order valence-corrected chi connectivity index (χ4v) is 1.92. The van der Waals surface area contributed by atoms with Crippen molar-refractivity contribution in [1.82, 2.24) is 9.97 Å². The molecule has 3 rings (SSSR count). The summed E-state index contributed by atoms with van der Waals surface area (Å²) in [6.45, 7) is 0. The van der Waals surface area contributed by atoms with Crippen molar-refractivity contribution in [3.63, 3.8) is 0 Å². The average Bonchev–Trinajstić information content (AvgIpc) is 2.82. The van der Waals surface area contributed by atoms with Crippen LogP contribution in [-0.4, -0.2) is 14.9 Å². The summed E-state index contributed by atoms with van der Waals surface area (Å²) in [5.74, 6) is 0. The molecule has 5 heteroatoms. The molecular formula is C13H9N3O2. The van der Waals surface area contributed by atoms with Crippen molar-refractivity contribution in [1.29, 1.82) is 0 Å². The molecule has 0 saturated heterocycles. The number of rotatable bonds is 2. The van der Waals surface area contributed by atoms with Crippen LogP contribution in [0.2, 0.25) is 0 Å². The average molecular weight is 239 g/mol. The van der Waals surface area contributed by atoms with Gasteiger partial charge in [0.2, 0.25) is 0 Å². The normalized spacial score (nSPS) is 10.7. The molecule has 0 amide bonds. The molecule has 0 unspecified atom stereocenters. The number of aromatic nitrogens is 2. The van der Waals surface area contributed by atoms with E-state index in [1.54, 1.807) is 24.5 Å². The van der Waals surface area contributed by atoms with Crippen LogP contribution in [0.3, 0.4) is 0 Å². The number of H-pyrrole nitrogens is 1. The topological polar surface area (TPSA) is 71.8 Å². The van der Waals surface area contributed by atoms with Crippen molar-refractivity contribution < 1.29 is 4.92 Å². The number of nitro benzene ring substituents is 1. The molecule has 88 valence electrons. The molecule has 0 radical (unpaired) electrons. The van der Waals surface area contributed by atoms with Crippen molar-refractivity contribution in [3.8, 4) is 11.3 Å². The van der Waals surface area contributed by atoms with E-state index in [9.17, 15) is 10.1 Å². The Kier molecular flexibility index (Phi) is 2.30. The van der Waals surface area contributed by atoms with Gasteiger partial charge in [-0.25, -0.2) is 0 Å². The molecule has 0 aliphatic rings. The number of pyridine rings is 1. The number of nitro groups is 1. The number of benzene rings is 1. The third kappa shape index (κ3) is 1.71. The zero-order valence-electron chi connectivity index (χ0n) is 9.33. The Morgan fingerprint density at radius 3 is 2.61 bits per heavy atom. The van der Waals surface area contributed by atoms with Crippen molar-refractivity contribution in [2.45, 2.75) is 0 Å². The van der Waals surface area contributed by atoms with Gasteiger partial charge >= 0.3 is 0 Å².